The minimum absolute atomic E-state index is 0.0306. The maximum Gasteiger partial charge on any atom is 0.289 e. The summed E-state index contributed by atoms with van der Waals surface area (Å²) in [6.45, 7) is 2.04. The van der Waals surface area contributed by atoms with E-state index in [4.69, 9.17) is 16.0 Å². The molecule has 0 aromatic carbocycles. The molecule has 110 valence electrons. The van der Waals surface area contributed by atoms with Crippen LogP contribution in [0.5, 0.6) is 0 Å². The minimum atomic E-state index is -0.133. The van der Waals surface area contributed by atoms with Gasteiger partial charge in [0, 0.05) is 26.2 Å². The predicted octanol–water partition coefficient (Wildman–Crippen LogP) is 2.59. The zero-order valence-electron chi connectivity index (χ0n) is 11.1. The molecule has 0 aliphatic carbocycles. The summed E-state index contributed by atoms with van der Waals surface area (Å²) in [4.78, 5) is 28.5. The normalized spacial score (nSPS) is 15.3. The number of amides is 2. The van der Waals surface area contributed by atoms with Gasteiger partial charge in [0.05, 0.1) is 15.5 Å². The molecule has 0 spiro atoms. The van der Waals surface area contributed by atoms with Crippen molar-refractivity contribution in [3.05, 3.63) is 45.5 Å². The van der Waals surface area contributed by atoms with E-state index in [1.807, 2.05) is 0 Å². The molecule has 0 unspecified atom stereocenters. The number of furan rings is 1. The maximum absolute atomic E-state index is 12.3. The SMILES string of the molecule is O=C(c1ccco1)N1CCN(C(=O)c2ccc(Cl)s2)CC1. The summed E-state index contributed by atoms with van der Waals surface area (Å²) in [6.07, 6.45) is 1.48. The van der Waals surface area contributed by atoms with E-state index in [-0.39, 0.29) is 11.8 Å². The van der Waals surface area contributed by atoms with Gasteiger partial charge >= 0.3 is 0 Å². The van der Waals surface area contributed by atoms with Gasteiger partial charge < -0.3 is 14.2 Å². The lowest BCUT2D eigenvalue weighted by Gasteiger charge is -2.34. The summed E-state index contributed by atoms with van der Waals surface area (Å²) < 4.78 is 5.71. The lowest BCUT2D eigenvalue weighted by Crippen LogP contribution is -2.50. The van der Waals surface area contributed by atoms with Gasteiger partial charge in [-0.05, 0) is 24.3 Å². The zero-order chi connectivity index (χ0) is 14.8. The molecular weight excluding hydrogens is 312 g/mol. The van der Waals surface area contributed by atoms with Gasteiger partial charge in [-0.25, -0.2) is 0 Å². The van der Waals surface area contributed by atoms with E-state index < -0.39 is 0 Å². The average Bonchev–Trinajstić information content (AvgIpc) is 3.17. The molecule has 7 heteroatoms. The largest absolute Gasteiger partial charge is 0.459 e. The van der Waals surface area contributed by atoms with Crippen LogP contribution in [0.15, 0.2) is 34.9 Å². The molecule has 0 atom stereocenters. The van der Waals surface area contributed by atoms with Crippen LogP contribution in [0.4, 0.5) is 0 Å². The highest BCUT2D eigenvalue weighted by atomic mass is 35.5. The molecular formula is C14H13ClN2O3S. The van der Waals surface area contributed by atoms with E-state index in [9.17, 15) is 9.59 Å². The molecule has 3 heterocycles. The Balaban J connectivity index is 1.60. The molecule has 2 aromatic heterocycles. The molecule has 0 saturated carbocycles. The van der Waals surface area contributed by atoms with Gasteiger partial charge in [-0.1, -0.05) is 11.6 Å². The third kappa shape index (κ3) is 2.96. The molecule has 0 radical (unpaired) electrons. The molecule has 3 rings (SSSR count). The van der Waals surface area contributed by atoms with E-state index in [1.54, 1.807) is 34.1 Å². The number of piperazine rings is 1. The first kappa shape index (κ1) is 14.2. The molecule has 5 nitrogen and oxygen atoms in total. The Labute approximate surface area is 130 Å². The first-order valence-electron chi connectivity index (χ1n) is 6.52. The lowest BCUT2D eigenvalue weighted by molar-refractivity contribution is 0.0520. The van der Waals surface area contributed by atoms with Crippen molar-refractivity contribution in [2.75, 3.05) is 26.2 Å². The van der Waals surface area contributed by atoms with E-state index in [1.165, 1.54) is 17.6 Å². The number of thiophene rings is 1. The van der Waals surface area contributed by atoms with Gasteiger partial charge in [0.1, 0.15) is 0 Å². The molecule has 2 aromatic rings. The molecule has 1 aliphatic heterocycles. The van der Waals surface area contributed by atoms with E-state index in [0.717, 1.165) is 0 Å². The van der Waals surface area contributed by atoms with Gasteiger partial charge in [0.15, 0.2) is 5.76 Å². The molecule has 1 aliphatic rings. The number of hydrogen-bond donors (Lipinski definition) is 0. The fraction of sp³-hybridized carbons (Fsp3) is 0.286. The Morgan fingerprint density at radius 3 is 2.24 bits per heavy atom. The van der Waals surface area contributed by atoms with Crippen LogP contribution in [-0.4, -0.2) is 47.8 Å². The van der Waals surface area contributed by atoms with Crippen molar-refractivity contribution >= 4 is 34.8 Å². The first-order valence-corrected chi connectivity index (χ1v) is 7.72. The summed E-state index contributed by atoms with van der Waals surface area (Å²) in [7, 11) is 0. The summed E-state index contributed by atoms with van der Waals surface area (Å²) in [5.41, 5.74) is 0. The standard InChI is InChI=1S/C14H13ClN2O3S/c15-12-4-3-11(21-12)14(19)17-7-5-16(6-8-17)13(18)10-2-1-9-20-10/h1-4,9H,5-8H2. The summed E-state index contributed by atoms with van der Waals surface area (Å²) in [5.74, 6) is 0.170. The number of carbonyl (C=O) groups excluding carboxylic acids is 2. The number of carbonyl (C=O) groups is 2. The topological polar surface area (TPSA) is 53.8 Å². The van der Waals surface area contributed by atoms with Crippen LogP contribution in [0, 0.1) is 0 Å². The highest BCUT2D eigenvalue weighted by Crippen LogP contribution is 2.23. The Hall–Kier alpha value is -1.79. The van der Waals surface area contributed by atoms with Crippen LogP contribution >= 0.6 is 22.9 Å². The van der Waals surface area contributed by atoms with E-state index in [0.29, 0.717) is 41.2 Å². The van der Waals surface area contributed by atoms with Gasteiger partial charge in [-0.15, -0.1) is 11.3 Å². The smallest absolute Gasteiger partial charge is 0.289 e. The summed E-state index contributed by atoms with van der Waals surface area (Å²) in [6, 6.07) is 6.78. The van der Waals surface area contributed by atoms with Crippen molar-refractivity contribution in [1.82, 2.24) is 9.80 Å². The lowest BCUT2D eigenvalue weighted by atomic mass is 10.2. The number of halogens is 1. The quantitative estimate of drug-likeness (QED) is 0.853. The van der Waals surface area contributed by atoms with E-state index in [2.05, 4.69) is 0 Å². The number of hydrogen-bond acceptors (Lipinski definition) is 4. The van der Waals surface area contributed by atoms with Crippen molar-refractivity contribution in [2.24, 2.45) is 0 Å². The van der Waals surface area contributed by atoms with Crippen LogP contribution in [0.25, 0.3) is 0 Å². The van der Waals surface area contributed by atoms with Crippen molar-refractivity contribution < 1.29 is 14.0 Å². The molecule has 2 amide bonds. The second kappa shape index (κ2) is 5.91. The van der Waals surface area contributed by atoms with E-state index >= 15 is 0 Å². The van der Waals surface area contributed by atoms with Gasteiger partial charge in [0.2, 0.25) is 0 Å². The Morgan fingerprint density at radius 2 is 1.71 bits per heavy atom. The van der Waals surface area contributed by atoms with Crippen molar-refractivity contribution in [3.8, 4) is 0 Å². The van der Waals surface area contributed by atoms with Crippen molar-refractivity contribution in [1.29, 1.82) is 0 Å². The third-order valence-electron chi connectivity index (χ3n) is 3.37. The highest BCUT2D eigenvalue weighted by Gasteiger charge is 2.27. The van der Waals surface area contributed by atoms with Gasteiger partial charge in [-0.3, -0.25) is 9.59 Å². The Bertz CT molecular complexity index is 645. The fourth-order valence-electron chi connectivity index (χ4n) is 2.25. The molecule has 1 fully saturated rings. The van der Waals surface area contributed by atoms with Crippen LogP contribution in [0.1, 0.15) is 20.2 Å². The maximum atomic E-state index is 12.3. The molecule has 1 saturated heterocycles. The summed E-state index contributed by atoms with van der Waals surface area (Å²) >= 11 is 7.12. The van der Waals surface area contributed by atoms with Crippen LogP contribution < -0.4 is 0 Å². The van der Waals surface area contributed by atoms with Crippen LogP contribution in [0.2, 0.25) is 4.34 Å². The van der Waals surface area contributed by atoms with Crippen molar-refractivity contribution in [2.45, 2.75) is 0 Å². The number of rotatable bonds is 2. The van der Waals surface area contributed by atoms with Crippen molar-refractivity contribution in [3.63, 3.8) is 0 Å². The van der Waals surface area contributed by atoms with Crippen LogP contribution in [-0.2, 0) is 0 Å². The Kier molecular flexibility index (Phi) is 3.98. The number of nitrogens with zero attached hydrogens (tertiary/aromatic N) is 2. The minimum Gasteiger partial charge on any atom is -0.459 e. The second-order valence-corrected chi connectivity index (χ2v) is 6.38. The first-order chi connectivity index (χ1) is 10.1. The average molecular weight is 325 g/mol. The predicted molar refractivity (Wildman–Crippen MR) is 79.8 cm³/mol. The summed E-state index contributed by atoms with van der Waals surface area (Å²) in [5, 5.41) is 0. The highest BCUT2D eigenvalue weighted by molar-refractivity contribution is 7.17. The molecule has 0 bridgehead atoms. The fourth-order valence-corrected chi connectivity index (χ4v) is 3.26. The molecule has 21 heavy (non-hydrogen) atoms. The van der Waals surface area contributed by atoms with Crippen LogP contribution in [0.3, 0.4) is 0 Å². The third-order valence-corrected chi connectivity index (χ3v) is 4.59. The van der Waals surface area contributed by atoms with Gasteiger partial charge in [0.25, 0.3) is 11.8 Å². The molecule has 0 N–H and O–H groups in total. The Morgan fingerprint density at radius 1 is 1.05 bits per heavy atom. The monoisotopic (exact) mass is 324 g/mol. The van der Waals surface area contributed by atoms with Gasteiger partial charge in [-0.2, -0.15) is 0 Å². The zero-order valence-corrected chi connectivity index (χ0v) is 12.7. The second-order valence-electron chi connectivity index (χ2n) is 4.67.